The first-order chi connectivity index (χ1) is 14.6. The normalized spacial score (nSPS) is 18.8. The molecular formula is C22H19ClN2O5. The summed E-state index contributed by atoms with van der Waals surface area (Å²) < 4.78 is 17.1. The molecule has 1 fully saturated rings. The van der Waals surface area contributed by atoms with E-state index in [-0.39, 0.29) is 24.1 Å². The summed E-state index contributed by atoms with van der Waals surface area (Å²) in [5, 5.41) is 1.31. The van der Waals surface area contributed by atoms with E-state index in [1.165, 1.54) is 0 Å². The van der Waals surface area contributed by atoms with Gasteiger partial charge >= 0.3 is 0 Å². The van der Waals surface area contributed by atoms with Crippen LogP contribution in [0.3, 0.4) is 0 Å². The molecule has 0 saturated carbocycles. The largest absolute Gasteiger partial charge is 0.476 e. The van der Waals surface area contributed by atoms with E-state index in [9.17, 15) is 9.59 Å². The second-order valence-electron chi connectivity index (χ2n) is 7.22. The van der Waals surface area contributed by atoms with Crippen molar-refractivity contribution in [2.24, 2.45) is 0 Å². The van der Waals surface area contributed by atoms with Crippen LogP contribution in [-0.4, -0.2) is 55.7 Å². The lowest BCUT2D eigenvalue weighted by molar-refractivity contribution is -0.142. The van der Waals surface area contributed by atoms with E-state index >= 15 is 0 Å². The van der Waals surface area contributed by atoms with Crippen LogP contribution in [0.25, 0.3) is 11.0 Å². The van der Waals surface area contributed by atoms with Gasteiger partial charge < -0.3 is 18.8 Å². The van der Waals surface area contributed by atoms with Crippen molar-refractivity contribution >= 4 is 40.1 Å². The van der Waals surface area contributed by atoms with Crippen molar-refractivity contribution in [3.8, 4) is 5.75 Å². The zero-order valence-electron chi connectivity index (χ0n) is 16.0. The van der Waals surface area contributed by atoms with E-state index in [2.05, 4.69) is 0 Å². The van der Waals surface area contributed by atoms with Crippen molar-refractivity contribution < 1.29 is 23.5 Å². The van der Waals surface area contributed by atoms with Gasteiger partial charge in [-0.05, 0) is 36.4 Å². The van der Waals surface area contributed by atoms with Crippen LogP contribution in [-0.2, 0) is 9.53 Å². The number of hydrogen-bond acceptors (Lipinski definition) is 5. The summed E-state index contributed by atoms with van der Waals surface area (Å²) in [4.78, 5) is 29.6. The maximum atomic E-state index is 13.4. The Hall–Kier alpha value is -3.03. The van der Waals surface area contributed by atoms with Crippen LogP contribution < -0.4 is 9.64 Å². The molecule has 3 aromatic rings. The van der Waals surface area contributed by atoms with Gasteiger partial charge in [0.1, 0.15) is 11.3 Å². The van der Waals surface area contributed by atoms with Gasteiger partial charge in [-0.25, -0.2) is 0 Å². The zero-order valence-corrected chi connectivity index (χ0v) is 16.8. The van der Waals surface area contributed by atoms with Crippen LogP contribution in [0.1, 0.15) is 10.6 Å². The molecule has 1 atom stereocenters. The Morgan fingerprint density at radius 2 is 1.83 bits per heavy atom. The standard InChI is InChI=1S/C22H19ClN2O5/c23-15-5-6-17-14(11-15)12-19(29-17)22(27)25-13-20(21(26)24-7-9-28-10-8-24)30-18-4-2-1-3-16(18)25/h1-6,11-12,20H,7-10,13H2/t20-/m0/s1. The minimum atomic E-state index is -0.791. The molecule has 0 aliphatic carbocycles. The fraction of sp³-hybridized carbons (Fsp3) is 0.273. The molecule has 8 heteroatoms. The number of para-hydroxylation sites is 2. The minimum absolute atomic E-state index is 0.101. The van der Waals surface area contributed by atoms with Crippen molar-refractivity contribution in [2.75, 3.05) is 37.7 Å². The molecule has 3 heterocycles. The molecule has 1 aromatic heterocycles. The van der Waals surface area contributed by atoms with E-state index in [1.54, 1.807) is 46.2 Å². The average molecular weight is 427 g/mol. The molecule has 7 nitrogen and oxygen atoms in total. The molecule has 2 aromatic carbocycles. The Kier molecular flexibility index (Phi) is 4.84. The number of nitrogens with zero attached hydrogens (tertiary/aromatic N) is 2. The van der Waals surface area contributed by atoms with Gasteiger partial charge in [0.05, 0.1) is 25.4 Å². The number of amides is 2. The molecule has 0 unspecified atom stereocenters. The molecule has 2 amide bonds. The third-order valence-corrected chi connectivity index (χ3v) is 5.54. The Morgan fingerprint density at radius 1 is 1.03 bits per heavy atom. The van der Waals surface area contributed by atoms with Gasteiger partial charge in [0.25, 0.3) is 11.8 Å². The van der Waals surface area contributed by atoms with Gasteiger partial charge in [-0.3, -0.25) is 14.5 Å². The molecular weight excluding hydrogens is 408 g/mol. The minimum Gasteiger partial charge on any atom is -0.476 e. The average Bonchev–Trinajstić information content (AvgIpc) is 3.21. The first-order valence-electron chi connectivity index (χ1n) is 9.73. The maximum absolute atomic E-state index is 13.4. The van der Waals surface area contributed by atoms with Gasteiger partial charge in [-0.1, -0.05) is 23.7 Å². The van der Waals surface area contributed by atoms with Gasteiger partial charge in [0, 0.05) is 23.5 Å². The lowest BCUT2D eigenvalue weighted by Gasteiger charge is -2.37. The molecule has 0 spiro atoms. The number of ether oxygens (including phenoxy) is 2. The molecule has 5 rings (SSSR count). The fourth-order valence-corrected chi connectivity index (χ4v) is 3.98. The quantitative estimate of drug-likeness (QED) is 0.628. The fourth-order valence-electron chi connectivity index (χ4n) is 3.80. The lowest BCUT2D eigenvalue weighted by atomic mass is 10.1. The van der Waals surface area contributed by atoms with Crippen LogP contribution in [0.4, 0.5) is 5.69 Å². The van der Waals surface area contributed by atoms with Crippen molar-refractivity contribution in [2.45, 2.75) is 6.10 Å². The van der Waals surface area contributed by atoms with Crippen LogP contribution in [0, 0.1) is 0 Å². The summed E-state index contributed by atoms with van der Waals surface area (Å²) in [6.07, 6.45) is -0.791. The van der Waals surface area contributed by atoms with E-state index in [0.717, 1.165) is 5.39 Å². The van der Waals surface area contributed by atoms with Gasteiger partial charge in [0.2, 0.25) is 0 Å². The zero-order chi connectivity index (χ0) is 20.7. The van der Waals surface area contributed by atoms with E-state index in [4.69, 9.17) is 25.5 Å². The highest BCUT2D eigenvalue weighted by atomic mass is 35.5. The number of carbonyl (C=O) groups excluding carboxylic acids is 2. The summed E-state index contributed by atoms with van der Waals surface area (Å²) in [7, 11) is 0. The number of benzene rings is 2. The van der Waals surface area contributed by atoms with Crippen LogP contribution in [0.5, 0.6) is 5.75 Å². The number of morpholine rings is 1. The number of furan rings is 1. The summed E-state index contributed by atoms with van der Waals surface area (Å²) >= 11 is 6.05. The predicted molar refractivity (Wildman–Crippen MR) is 111 cm³/mol. The Bertz CT molecular complexity index is 1120. The predicted octanol–water partition coefficient (Wildman–Crippen LogP) is 3.35. The van der Waals surface area contributed by atoms with Crippen LogP contribution >= 0.6 is 11.6 Å². The van der Waals surface area contributed by atoms with E-state index in [1.807, 2.05) is 12.1 Å². The molecule has 154 valence electrons. The van der Waals surface area contributed by atoms with Gasteiger partial charge in [-0.15, -0.1) is 0 Å². The Morgan fingerprint density at radius 3 is 2.67 bits per heavy atom. The first-order valence-corrected chi connectivity index (χ1v) is 10.1. The SMILES string of the molecule is O=C([C@@H]1CN(C(=O)c2cc3cc(Cl)ccc3o2)c2ccccc2O1)N1CCOCC1. The molecule has 30 heavy (non-hydrogen) atoms. The maximum Gasteiger partial charge on any atom is 0.294 e. The van der Waals surface area contributed by atoms with Gasteiger partial charge in [0.15, 0.2) is 11.9 Å². The highest BCUT2D eigenvalue weighted by Crippen LogP contribution is 2.35. The molecule has 2 aliphatic heterocycles. The first kappa shape index (κ1) is 19.0. The third-order valence-electron chi connectivity index (χ3n) is 5.31. The van der Waals surface area contributed by atoms with Crippen molar-refractivity contribution in [3.05, 3.63) is 59.3 Å². The highest BCUT2D eigenvalue weighted by molar-refractivity contribution is 6.31. The topological polar surface area (TPSA) is 72.2 Å². The number of anilines is 1. The van der Waals surface area contributed by atoms with Crippen molar-refractivity contribution in [3.63, 3.8) is 0 Å². The second-order valence-corrected chi connectivity index (χ2v) is 7.66. The summed E-state index contributed by atoms with van der Waals surface area (Å²) in [5.74, 6) is 0.184. The molecule has 1 saturated heterocycles. The number of hydrogen-bond donors (Lipinski definition) is 0. The molecule has 0 radical (unpaired) electrons. The molecule has 2 aliphatic rings. The number of carbonyl (C=O) groups is 2. The Labute approximate surface area is 177 Å². The van der Waals surface area contributed by atoms with Crippen molar-refractivity contribution in [1.82, 2.24) is 4.90 Å². The second kappa shape index (κ2) is 7.66. The summed E-state index contributed by atoms with van der Waals surface area (Å²) in [6.45, 7) is 2.12. The smallest absolute Gasteiger partial charge is 0.294 e. The van der Waals surface area contributed by atoms with E-state index < -0.39 is 6.10 Å². The lowest BCUT2D eigenvalue weighted by Crippen LogP contribution is -2.54. The van der Waals surface area contributed by atoms with Crippen LogP contribution in [0.15, 0.2) is 52.9 Å². The highest BCUT2D eigenvalue weighted by Gasteiger charge is 2.37. The molecule has 0 N–H and O–H groups in total. The summed E-state index contributed by atoms with van der Waals surface area (Å²) in [5.41, 5.74) is 1.18. The van der Waals surface area contributed by atoms with Crippen molar-refractivity contribution in [1.29, 1.82) is 0 Å². The molecule has 0 bridgehead atoms. The number of fused-ring (bicyclic) bond motifs is 2. The van der Waals surface area contributed by atoms with Crippen LogP contribution in [0.2, 0.25) is 5.02 Å². The van der Waals surface area contributed by atoms with E-state index in [0.29, 0.717) is 48.3 Å². The summed E-state index contributed by atoms with van der Waals surface area (Å²) in [6, 6.07) is 14.0. The Balaban J connectivity index is 1.47. The van der Waals surface area contributed by atoms with Gasteiger partial charge in [-0.2, -0.15) is 0 Å². The monoisotopic (exact) mass is 426 g/mol. The number of rotatable bonds is 2. The third kappa shape index (κ3) is 3.40. The number of halogens is 1.